The molecule has 0 bridgehead atoms. The van der Waals surface area contributed by atoms with Gasteiger partial charge >= 0.3 is 5.97 Å². The molecule has 0 unspecified atom stereocenters. The minimum atomic E-state index is -0.989. The van der Waals surface area contributed by atoms with Crippen molar-refractivity contribution in [2.24, 2.45) is 0 Å². The van der Waals surface area contributed by atoms with E-state index in [9.17, 15) is 9.59 Å². The minimum absolute atomic E-state index is 0.0794. The standard InChI is InChI=1S/C13H15BrN2O3/c1-15-12(17)8-16(2)11-5-3-9(7-10(11)14)4-6-13(18)19/h3-7H,8H2,1-2H3,(H,15,17)(H,18,19)/b6-4+. The maximum absolute atomic E-state index is 11.3. The molecule has 102 valence electrons. The van der Waals surface area contributed by atoms with Gasteiger partial charge in [0, 0.05) is 24.6 Å². The Hall–Kier alpha value is -1.82. The molecule has 0 aromatic heterocycles. The van der Waals surface area contributed by atoms with Crippen LogP contribution in [0.2, 0.25) is 0 Å². The molecule has 19 heavy (non-hydrogen) atoms. The summed E-state index contributed by atoms with van der Waals surface area (Å²) in [6.45, 7) is 0.249. The van der Waals surface area contributed by atoms with Crippen molar-refractivity contribution in [2.45, 2.75) is 0 Å². The van der Waals surface area contributed by atoms with Gasteiger partial charge in [-0.3, -0.25) is 4.79 Å². The molecule has 1 aromatic rings. The number of carboxylic acid groups (broad SMARTS) is 1. The van der Waals surface area contributed by atoms with Crippen LogP contribution in [0, 0.1) is 0 Å². The van der Waals surface area contributed by atoms with E-state index in [0.717, 1.165) is 21.8 Å². The van der Waals surface area contributed by atoms with Crippen molar-refractivity contribution in [1.29, 1.82) is 0 Å². The van der Waals surface area contributed by atoms with Crippen LogP contribution in [0.1, 0.15) is 5.56 Å². The first-order valence-electron chi connectivity index (χ1n) is 5.56. The number of rotatable bonds is 5. The summed E-state index contributed by atoms with van der Waals surface area (Å²) in [4.78, 5) is 23.5. The fourth-order valence-corrected chi connectivity index (χ4v) is 2.18. The molecule has 1 rings (SSSR count). The Labute approximate surface area is 120 Å². The molecule has 2 N–H and O–H groups in total. The van der Waals surface area contributed by atoms with Crippen molar-refractivity contribution in [1.82, 2.24) is 5.32 Å². The normalized spacial score (nSPS) is 10.5. The number of aliphatic carboxylic acids is 1. The Morgan fingerprint density at radius 3 is 2.68 bits per heavy atom. The van der Waals surface area contributed by atoms with Crippen LogP contribution in [0.25, 0.3) is 6.08 Å². The van der Waals surface area contributed by atoms with Gasteiger partial charge in [0.2, 0.25) is 5.91 Å². The Kier molecular flexibility index (Phi) is 5.57. The van der Waals surface area contributed by atoms with Crippen LogP contribution in [0.4, 0.5) is 5.69 Å². The Balaban J connectivity index is 2.88. The van der Waals surface area contributed by atoms with Crippen LogP contribution in [0.15, 0.2) is 28.7 Å². The molecule has 0 atom stereocenters. The van der Waals surface area contributed by atoms with E-state index in [0.29, 0.717) is 0 Å². The molecule has 1 aromatic carbocycles. The molecule has 0 fully saturated rings. The zero-order valence-corrected chi connectivity index (χ0v) is 12.3. The molecular weight excluding hydrogens is 312 g/mol. The van der Waals surface area contributed by atoms with Gasteiger partial charge < -0.3 is 15.3 Å². The predicted molar refractivity (Wildman–Crippen MR) is 78.1 cm³/mol. The summed E-state index contributed by atoms with van der Waals surface area (Å²) in [6.07, 6.45) is 2.59. The second-order valence-electron chi connectivity index (χ2n) is 3.91. The van der Waals surface area contributed by atoms with Crippen LogP contribution in [-0.2, 0) is 9.59 Å². The molecular formula is C13H15BrN2O3. The smallest absolute Gasteiger partial charge is 0.328 e. The lowest BCUT2D eigenvalue weighted by Crippen LogP contribution is -2.33. The molecule has 5 nitrogen and oxygen atoms in total. The van der Waals surface area contributed by atoms with Crippen LogP contribution in [0.5, 0.6) is 0 Å². The molecule has 1 amide bonds. The van der Waals surface area contributed by atoms with E-state index in [1.807, 2.05) is 13.1 Å². The number of benzene rings is 1. The number of carbonyl (C=O) groups is 2. The van der Waals surface area contributed by atoms with E-state index in [-0.39, 0.29) is 12.5 Å². The summed E-state index contributed by atoms with van der Waals surface area (Å²) in [5.74, 6) is -1.07. The molecule has 0 aliphatic heterocycles. The minimum Gasteiger partial charge on any atom is -0.478 e. The molecule has 0 aliphatic carbocycles. The summed E-state index contributed by atoms with van der Waals surface area (Å²) < 4.78 is 0.798. The maximum atomic E-state index is 11.3. The SMILES string of the molecule is CNC(=O)CN(C)c1ccc(/C=C/C(=O)O)cc1Br. The first kappa shape index (κ1) is 15.2. The first-order valence-corrected chi connectivity index (χ1v) is 6.35. The van der Waals surface area contributed by atoms with Crippen molar-refractivity contribution < 1.29 is 14.7 Å². The third kappa shape index (κ3) is 4.75. The van der Waals surface area contributed by atoms with Gasteiger partial charge in [0.1, 0.15) is 0 Å². The number of hydrogen-bond donors (Lipinski definition) is 2. The summed E-state index contributed by atoms with van der Waals surface area (Å²) in [5, 5.41) is 11.1. The van der Waals surface area contributed by atoms with E-state index in [2.05, 4.69) is 21.2 Å². The summed E-state index contributed by atoms with van der Waals surface area (Å²) in [7, 11) is 3.40. The molecule has 0 heterocycles. The summed E-state index contributed by atoms with van der Waals surface area (Å²) >= 11 is 3.41. The van der Waals surface area contributed by atoms with Crippen molar-refractivity contribution in [3.05, 3.63) is 34.3 Å². The third-order valence-electron chi connectivity index (χ3n) is 2.46. The molecule has 6 heteroatoms. The number of anilines is 1. The highest BCUT2D eigenvalue weighted by molar-refractivity contribution is 9.10. The fraction of sp³-hybridized carbons (Fsp3) is 0.231. The van der Waals surface area contributed by atoms with Crippen molar-refractivity contribution >= 4 is 39.6 Å². The second kappa shape index (κ2) is 6.94. The van der Waals surface area contributed by atoms with E-state index >= 15 is 0 Å². The average molecular weight is 327 g/mol. The van der Waals surface area contributed by atoms with E-state index in [1.54, 1.807) is 24.1 Å². The molecule has 0 saturated carbocycles. The lowest BCUT2D eigenvalue weighted by molar-refractivity contribution is -0.131. The monoisotopic (exact) mass is 326 g/mol. The zero-order chi connectivity index (χ0) is 14.4. The van der Waals surface area contributed by atoms with Gasteiger partial charge in [0.15, 0.2) is 0 Å². The van der Waals surface area contributed by atoms with Crippen molar-refractivity contribution in [3.8, 4) is 0 Å². The summed E-state index contributed by atoms with van der Waals surface area (Å²) in [6, 6.07) is 5.42. The lowest BCUT2D eigenvalue weighted by Gasteiger charge is -2.20. The van der Waals surface area contributed by atoms with Gasteiger partial charge in [0.05, 0.1) is 12.2 Å². The number of halogens is 1. The molecule has 0 aliphatic rings. The van der Waals surface area contributed by atoms with Crippen molar-refractivity contribution in [3.63, 3.8) is 0 Å². The van der Waals surface area contributed by atoms with Gasteiger partial charge in [-0.1, -0.05) is 6.07 Å². The van der Waals surface area contributed by atoms with Gasteiger partial charge in [-0.25, -0.2) is 4.79 Å². The lowest BCUT2D eigenvalue weighted by atomic mass is 10.2. The van der Waals surface area contributed by atoms with Crippen LogP contribution in [0.3, 0.4) is 0 Å². The molecule has 0 radical (unpaired) electrons. The summed E-state index contributed by atoms with van der Waals surface area (Å²) in [5.41, 5.74) is 1.63. The average Bonchev–Trinajstić information content (AvgIpc) is 2.35. The third-order valence-corrected chi connectivity index (χ3v) is 3.10. The Bertz CT molecular complexity index is 515. The number of hydrogen-bond acceptors (Lipinski definition) is 3. The number of carbonyl (C=O) groups excluding carboxylic acids is 1. The Morgan fingerprint density at radius 2 is 2.16 bits per heavy atom. The highest BCUT2D eigenvalue weighted by Gasteiger charge is 2.09. The van der Waals surface area contributed by atoms with E-state index in [4.69, 9.17) is 5.11 Å². The molecule has 0 spiro atoms. The molecule has 0 saturated heterocycles. The van der Waals surface area contributed by atoms with Crippen molar-refractivity contribution in [2.75, 3.05) is 25.5 Å². The fourth-order valence-electron chi connectivity index (χ4n) is 1.48. The highest BCUT2D eigenvalue weighted by Crippen LogP contribution is 2.26. The second-order valence-corrected chi connectivity index (χ2v) is 4.77. The van der Waals surface area contributed by atoms with Gasteiger partial charge in [-0.15, -0.1) is 0 Å². The Morgan fingerprint density at radius 1 is 1.47 bits per heavy atom. The largest absolute Gasteiger partial charge is 0.478 e. The first-order chi connectivity index (χ1) is 8.93. The van der Waals surface area contributed by atoms with Gasteiger partial charge in [-0.05, 0) is 39.7 Å². The quantitative estimate of drug-likeness (QED) is 0.808. The van der Waals surface area contributed by atoms with E-state index < -0.39 is 5.97 Å². The topological polar surface area (TPSA) is 69.6 Å². The highest BCUT2D eigenvalue weighted by atomic mass is 79.9. The number of nitrogens with zero attached hydrogens (tertiary/aromatic N) is 1. The maximum Gasteiger partial charge on any atom is 0.328 e. The van der Waals surface area contributed by atoms with Crippen LogP contribution in [-0.4, -0.2) is 37.6 Å². The number of amides is 1. The van der Waals surface area contributed by atoms with Gasteiger partial charge in [0.25, 0.3) is 0 Å². The van der Waals surface area contributed by atoms with Gasteiger partial charge in [-0.2, -0.15) is 0 Å². The van der Waals surface area contributed by atoms with Crippen LogP contribution >= 0.6 is 15.9 Å². The van der Waals surface area contributed by atoms with E-state index in [1.165, 1.54) is 6.08 Å². The number of carboxylic acids is 1. The predicted octanol–water partition coefficient (Wildman–Crippen LogP) is 1.73. The number of likely N-dealkylation sites (N-methyl/N-ethyl adjacent to an activating group) is 2. The zero-order valence-electron chi connectivity index (χ0n) is 10.7. The number of nitrogens with one attached hydrogen (secondary N) is 1. The van der Waals surface area contributed by atoms with Crippen LogP contribution < -0.4 is 10.2 Å².